The van der Waals surface area contributed by atoms with Gasteiger partial charge in [0.25, 0.3) is 5.91 Å². The molecule has 0 atom stereocenters. The maximum atomic E-state index is 12.6. The van der Waals surface area contributed by atoms with Crippen LogP contribution in [0.5, 0.6) is 0 Å². The van der Waals surface area contributed by atoms with Crippen LogP contribution in [0.25, 0.3) is 0 Å². The van der Waals surface area contributed by atoms with E-state index >= 15 is 0 Å². The van der Waals surface area contributed by atoms with Crippen LogP contribution in [-0.4, -0.2) is 40.1 Å². The summed E-state index contributed by atoms with van der Waals surface area (Å²) in [4.78, 5) is 25.8. The highest BCUT2D eigenvalue weighted by Gasteiger charge is 2.31. The van der Waals surface area contributed by atoms with Crippen LogP contribution in [0.4, 0.5) is 0 Å². The SMILES string of the molecule is O=C(O)c1ccccc1C1CCN(C(=O)c2cc(C3CC3)on2)CC1. The number of likely N-dealkylation sites (tertiary alicyclic amines) is 1. The van der Waals surface area contributed by atoms with Crippen molar-refractivity contribution in [1.29, 1.82) is 0 Å². The summed E-state index contributed by atoms with van der Waals surface area (Å²) >= 11 is 0. The minimum atomic E-state index is -0.899. The number of hydrogen-bond acceptors (Lipinski definition) is 4. The minimum absolute atomic E-state index is 0.0966. The van der Waals surface area contributed by atoms with Gasteiger partial charge in [-0.15, -0.1) is 0 Å². The highest BCUT2D eigenvalue weighted by Crippen LogP contribution is 2.40. The summed E-state index contributed by atoms with van der Waals surface area (Å²) in [6.45, 7) is 1.20. The molecule has 2 heterocycles. The van der Waals surface area contributed by atoms with Gasteiger partial charge in [0, 0.05) is 25.1 Å². The zero-order valence-corrected chi connectivity index (χ0v) is 13.9. The molecule has 1 aliphatic carbocycles. The van der Waals surface area contributed by atoms with Gasteiger partial charge in [-0.2, -0.15) is 0 Å². The largest absolute Gasteiger partial charge is 0.478 e. The second-order valence-electron chi connectivity index (χ2n) is 6.85. The number of carboxylic acid groups (broad SMARTS) is 1. The van der Waals surface area contributed by atoms with Crippen LogP contribution in [0.15, 0.2) is 34.9 Å². The second kappa shape index (κ2) is 6.35. The number of aromatic carboxylic acids is 1. The number of nitrogens with zero attached hydrogens (tertiary/aromatic N) is 2. The molecular formula is C19H20N2O4. The van der Waals surface area contributed by atoms with Crippen molar-refractivity contribution in [2.75, 3.05) is 13.1 Å². The Balaban J connectivity index is 1.42. The Morgan fingerprint density at radius 3 is 2.48 bits per heavy atom. The molecule has 1 saturated carbocycles. The molecular weight excluding hydrogens is 320 g/mol. The standard InChI is InChI=1S/C19H20N2O4/c22-18(16-11-17(25-20-16)13-5-6-13)21-9-7-12(8-10-21)14-3-1-2-4-15(14)19(23)24/h1-4,11-13H,5-10H2,(H,23,24). The number of carboxylic acids is 1. The fourth-order valence-corrected chi connectivity index (χ4v) is 3.55. The molecule has 2 aromatic rings. The number of amides is 1. The van der Waals surface area contributed by atoms with Crippen molar-refractivity contribution in [3.8, 4) is 0 Å². The molecule has 130 valence electrons. The molecule has 4 rings (SSSR count). The second-order valence-corrected chi connectivity index (χ2v) is 6.85. The lowest BCUT2D eigenvalue weighted by molar-refractivity contribution is 0.0676. The van der Waals surface area contributed by atoms with Gasteiger partial charge in [0.2, 0.25) is 0 Å². The van der Waals surface area contributed by atoms with Gasteiger partial charge in [0.05, 0.1) is 5.56 Å². The summed E-state index contributed by atoms with van der Waals surface area (Å²) in [6.07, 6.45) is 3.72. The number of benzene rings is 1. The minimum Gasteiger partial charge on any atom is -0.478 e. The molecule has 2 aliphatic rings. The van der Waals surface area contributed by atoms with E-state index in [1.807, 2.05) is 12.1 Å². The van der Waals surface area contributed by atoms with E-state index < -0.39 is 5.97 Å². The van der Waals surface area contributed by atoms with Crippen LogP contribution in [0, 0.1) is 0 Å². The Bertz CT molecular complexity index is 801. The molecule has 1 amide bonds. The van der Waals surface area contributed by atoms with Crippen molar-refractivity contribution in [1.82, 2.24) is 10.1 Å². The molecule has 2 fully saturated rings. The van der Waals surface area contributed by atoms with Crippen molar-refractivity contribution in [2.45, 2.75) is 37.5 Å². The van der Waals surface area contributed by atoms with Crippen LogP contribution >= 0.6 is 0 Å². The Kier molecular flexibility index (Phi) is 4.03. The average molecular weight is 340 g/mol. The molecule has 1 saturated heterocycles. The molecule has 0 bridgehead atoms. The first-order valence-electron chi connectivity index (χ1n) is 8.71. The molecule has 1 aliphatic heterocycles. The van der Waals surface area contributed by atoms with Gasteiger partial charge in [-0.25, -0.2) is 4.79 Å². The van der Waals surface area contributed by atoms with Gasteiger partial charge in [-0.3, -0.25) is 4.79 Å². The number of aromatic nitrogens is 1. The fourth-order valence-electron chi connectivity index (χ4n) is 3.55. The highest BCUT2D eigenvalue weighted by molar-refractivity contribution is 5.92. The average Bonchev–Trinajstić information content (AvgIpc) is 3.38. The summed E-state index contributed by atoms with van der Waals surface area (Å²) in [6, 6.07) is 8.91. The summed E-state index contributed by atoms with van der Waals surface area (Å²) in [5.74, 6) is 0.418. The molecule has 1 aromatic carbocycles. The Morgan fingerprint density at radius 2 is 1.80 bits per heavy atom. The Morgan fingerprint density at radius 1 is 1.08 bits per heavy atom. The Hall–Kier alpha value is -2.63. The summed E-state index contributed by atoms with van der Waals surface area (Å²) in [5, 5.41) is 13.3. The highest BCUT2D eigenvalue weighted by atomic mass is 16.5. The van der Waals surface area contributed by atoms with E-state index in [-0.39, 0.29) is 11.8 Å². The maximum absolute atomic E-state index is 12.6. The Labute approximate surface area is 145 Å². The summed E-state index contributed by atoms with van der Waals surface area (Å²) in [5.41, 5.74) is 1.60. The van der Waals surface area contributed by atoms with Gasteiger partial charge >= 0.3 is 5.97 Å². The predicted molar refractivity (Wildman–Crippen MR) is 89.8 cm³/mol. The van der Waals surface area contributed by atoms with E-state index in [1.54, 1.807) is 23.1 Å². The quantitative estimate of drug-likeness (QED) is 0.923. The van der Waals surface area contributed by atoms with E-state index in [0.29, 0.717) is 30.3 Å². The predicted octanol–water partition coefficient (Wildman–Crippen LogP) is 3.27. The van der Waals surface area contributed by atoms with E-state index in [0.717, 1.165) is 37.0 Å². The van der Waals surface area contributed by atoms with Gasteiger partial charge in [0.15, 0.2) is 5.69 Å². The lowest BCUT2D eigenvalue weighted by atomic mass is 9.86. The van der Waals surface area contributed by atoms with Crippen LogP contribution in [0.3, 0.4) is 0 Å². The molecule has 0 spiro atoms. The molecule has 0 unspecified atom stereocenters. The normalized spacial score (nSPS) is 18.3. The number of rotatable bonds is 4. The lowest BCUT2D eigenvalue weighted by Crippen LogP contribution is -2.38. The molecule has 1 aromatic heterocycles. The smallest absolute Gasteiger partial charge is 0.335 e. The van der Waals surface area contributed by atoms with E-state index in [2.05, 4.69) is 5.16 Å². The van der Waals surface area contributed by atoms with Crippen LogP contribution in [0.1, 0.15) is 69.7 Å². The number of hydrogen-bond donors (Lipinski definition) is 1. The van der Waals surface area contributed by atoms with Crippen molar-refractivity contribution >= 4 is 11.9 Å². The van der Waals surface area contributed by atoms with E-state index in [4.69, 9.17) is 4.52 Å². The third kappa shape index (κ3) is 3.16. The first kappa shape index (κ1) is 15.9. The monoisotopic (exact) mass is 340 g/mol. The molecule has 0 radical (unpaired) electrons. The van der Waals surface area contributed by atoms with E-state index in [1.165, 1.54) is 0 Å². The number of carbonyl (C=O) groups excluding carboxylic acids is 1. The molecule has 6 heteroatoms. The zero-order valence-electron chi connectivity index (χ0n) is 13.9. The van der Waals surface area contributed by atoms with Crippen LogP contribution < -0.4 is 0 Å². The molecule has 25 heavy (non-hydrogen) atoms. The first-order chi connectivity index (χ1) is 12.1. The third-order valence-electron chi connectivity index (χ3n) is 5.14. The van der Waals surface area contributed by atoms with Gasteiger partial charge < -0.3 is 14.5 Å². The van der Waals surface area contributed by atoms with Crippen molar-refractivity contribution in [3.05, 3.63) is 52.9 Å². The molecule has 6 nitrogen and oxygen atoms in total. The van der Waals surface area contributed by atoms with Crippen LogP contribution in [-0.2, 0) is 0 Å². The zero-order chi connectivity index (χ0) is 17.4. The summed E-state index contributed by atoms with van der Waals surface area (Å²) in [7, 11) is 0. The topological polar surface area (TPSA) is 83.6 Å². The van der Waals surface area contributed by atoms with Crippen molar-refractivity contribution in [3.63, 3.8) is 0 Å². The van der Waals surface area contributed by atoms with E-state index in [9.17, 15) is 14.7 Å². The van der Waals surface area contributed by atoms with Crippen molar-refractivity contribution in [2.24, 2.45) is 0 Å². The van der Waals surface area contributed by atoms with Crippen molar-refractivity contribution < 1.29 is 19.2 Å². The fraction of sp³-hybridized carbons (Fsp3) is 0.421. The lowest BCUT2D eigenvalue weighted by Gasteiger charge is -2.32. The van der Waals surface area contributed by atoms with Gasteiger partial charge in [-0.1, -0.05) is 23.4 Å². The van der Waals surface area contributed by atoms with Gasteiger partial charge in [0.1, 0.15) is 5.76 Å². The van der Waals surface area contributed by atoms with Crippen LogP contribution in [0.2, 0.25) is 0 Å². The number of piperidine rings is 1. The first-order valence-corrected chi connectivity index (χ1v) is 8.71. The number of carbonyl (C=O) groups is 2. The molecule has 1 N–H and O–H groups in total. The maximum Gasteiger partial charge on any atom is 0.335 e. The summed E-state index contributed by atoms with van der Waals surface area (Å²) < 4.78 is 5.27. The van der Waals surface area contributed by atoms with Gasteiger partial charge in [-0.05, 0) is 43.2 Å². The third-order valence-corrected chi connectivity index (χ3v) is 5.14.